The normalized spacial score (nSPS) is 10.6. The van der Waals surface area contributed by atoms with Crippen LogP contribution in [0.25, 0.3) is 0 Å². The van der Waals surface area contributed by atoms with E-state index in [2.05, 4.69) is 10.1 Å². The number of benzene rings is 1. The van der Waals surface area contributed by atoms with Gasteiger partial charge in [-0.25, -0.2) is 13.6 Å². The van der Waals surface area contributed by atoms with E-state index in [1.54, 1.807) is 0 Å². The van der Waals surface area contributed by atoms with Crippen molar-refractivity contribution in [1.82, 2.24) is 0 Å². The van der Waals surface area contributed by atoms with Crippen LogP contribution in [0.4, 0.5) is 14.5 Å². The van der Waals surface area contributed by atoms with E-state index >= 15 is 0 Å². The minimum absolute atomic E-state index is 0.0678. The predicted octanol–water partition coefficient (Wildman–Crippen LogP) is 2.65. The molecule has 0 bridgehead atoms. The van der Waals surface area contributed by atoms with Crippen LogP contribution in [0, 0.1) is 0 Å². The first-order chi connectivity index (χ1) is 9.38. The second-order valence-electron chi connectivity index (χ2n) is 3.80. The fourth-order valence-electron chi connectivity index (χ4n) is 1.35. The number of aromatic carboxylic acids is 1. The topological polar surface area (TPSA) is 75.6 Å². The van der Waals surface area contributed by atoms with Crippen LogP contribution in [0.15, 0.2) is 18.2 Å². The fraction of sp³-hybridized carbons (Fsp3) is 0.333. The van der Waals surface area contributed by atoms with Crippen molar-refractivity contribution in [1.29, 1.82) is 0 Å². The van der Waals surface area contributed by atoms with Gasteiger partial charge in [0.1, 0.15) is 6.61 Å². The third-order valence-corrected chi connectivity index (χ3v) is 2.36. The third kappa shape index (κ3) is 5.94. The van der Waals surface area contributed by atoms with Gasteiger partial charge in [-0.05, 0) is 18.2 Å². The summed E-state index contributed by atoms with van der Waals surface area (Å²) in [5.41, 5.74) is 0.149. The number of hydrogen-bond acceptors (Lipinski definition) is 3. The number of carbonyl (C=O) groups excluding carboxylic acids is 1. The molecule has 0 saturated heterocycles. The van der Waals surface area contributed by atoms with Crippen molar-refractivity contribution in [2.75, 3.05) is 18.5 Å². The molecule has 5 nitrogen and oxygen atoms in total. The number of carboxylic acids is 1. The molecule has 0 radical (unpaired) electrons. The highest BCUT2D eigenvalue weighted by Crippen LogP contribution is 2.19. The van der Waals surface area contributed by atoms with E-state index < -0.39 is 24.9 Å². The SMILES string of the molecule is O=C(CCOCC(F)F)Nc1cc(Cl)cc(C(=O)O)c1. The molecule has 20 heavy (non-hydrogen) atoms. The Labute approximate surface area is 118 Å². The van der Waals surface area contributed by atoms with Crippen LogP contribution in [0.5, 0.6) is 0 Å². The van der Waals surface area contributed by atoms with E-state index in [4.69, 9.17) is 16.7 Å². The molecule has 0 saturated carbocycles. The molecule has 8 heteroatoms. The zero-order valence-corrected chi connectivity index (χ0v) is 11.0. The number of halogens is 3. The number of rotatable bonds is 7. The molecule has 1 amide bonds. The molecule has 0 aliphatic rings. The maximum Gasteiger partial charge on any atom is 0.335 e. The van der Waals surface area contributed by atoms with Crippen molar-refractivity contribution in [3.63, 3.8) is 0 Å². The Kier molecular flexibility index (Phi) is 6.33. The summed E-state index contributed by atoms with van der Waals surface area (Å²) in [7, 11) is 0. The van der Waals surface area contributed by atoms with Crippen LogP contribution in [-0.2, 0) is 9.53 Å². The Bertz CT molecular complexity index is 496. The minimum Gasteiger partial charge on any atom is -0.478 e. The molecule has 2 N–H and O–H groups in total. The number of anilines is 1. The summed E-state index contributed by atoms with van der Waals surface area (Å²) in [6.07, 6.45) is -2.70. The number of carboxylic acid groups (broad SMARTS) is 1. The maximum atomic E-state index is 11.8. The lowest BCUT2D eigenvalue weighted by molar-refractivity contribution is -0.117. The molecule has 0 aliphatic carbocycles. The number of alkyl halides is 2. The molecule has 110 valence electrons. The highest BCUT2D eigenvalue weighted by Gasteiger charge is 2.09. The second-order valence-corrected chi connectivity index (χ2v) is 4.23. The summed E-state index contributed by atoms with van der Waals surface area (Å²) in [6, 6.07) is 3.86. The average molecular weight is 308 g/mol. The van der Waals surface area contributed by atoms with Gasteiger partial charge < -0.3 is 15.2 Å². The first kappa shape index (κ1) is 16.3. The minimum atomic E-state index is -2.58. The number of ether oxygens (including phenoxy) is 1. The van der Waals surface area contributed by atoms with Crippen molar-refractivity contribution >= 4 is 29.2 Å². The van der Waals surface area contributed by atoms with Gasteiger partial charge >= 0.3 is 5.97 Å². The fourth-order valence-corrected chi connectivity index (χ4v) is 1.58. The average Bonchev–Trinajstić information content (AvgIpc) is 2.33. The largest absolute Gasteiger partial charge is 0.478 e. The Morgan fingerprint density at radius 2 is 2.05 bits per heavy atom. The molecular weight excluding hydrogens is 296 g/mol. The second kappa shape index (κ2) is 7.76. The Morgan fingerprint density at radius 1 is 1.35 bits per heavy atom. The molecule has 0 fully saturated rings. The number of amides is 1. The van der Waals surface area contributed by atoms with E-state index in [1.165, 1.54) is 18.2 Å². The van der Waals surface area contributed by atoms with E-state index in [0.29, 0.717) is 0 Å². The molecule has 1 rings (SSSR count). The van der Waals surface area contributed by atoms with Gasteiger partial charge in [-0.1, -0.05) is 11.6 Å². The molecule has 1 aromatic carbocycles. The first-order valence-electron chi connectivity index (χ1n) is 5.58. The number of hydrogen-bond donors (Lipinski definition) is 2. The van der Waals surface area contributed by atoms with Gasteiger partial charge in [0.2, 0.25) is 5.91 Å². The highest BCUT2D eigenvalue weighted by atomic mass is 35.5. The van der Waals surface area contributed by atoms with E-state index in [0.717, 1.165) is 0 Å². The zero-order valence-electron chi connectivity index (χ0n) is 10.2. The molecule has 0 spiro atoms. The first-order valence-corrected chi connectivity index (χ1v) is 5.96. The van der Waals surface area contributed by atoms with Crippen molar-refractivity contribution in [3.8, 4) is 0 Å². The maximum absolute atomic E-state index is 11.8. The van der Waals surface area contributed by atoms with Gasteiger partial charge in [-0.3, -0.25) is 4.79 Å². The van der Waals surface area contributed by atoms with Crippen LogP contribution in [0.1, 0.15) is 16.8 Å². The zero-order chi connectivity index (χ0) is 15.1. The van der Waals surface area contributed by atoms with Crippen LogP contribution < -0.4 is 5.32 Å². The lowest BCUT2D eigenvalue weighted by atomic mass is 10.2. The summed E-state index contributed by atoms with van der Waals surface area (Å²) >= 11 is 5.72. The van der Waals surface area contributed by atoms with Gasteiger partial charge in [0, 0.05) is 10.7 Å². The summed E-state index contributed by atoms with van der Waals surface area (Å²) in [4.78, 5) is 22.3. The lowest BCUT2D eigenvalue weighted by Gasteiger charge is -2.07. The standard InChI is InChI=1S/C12H12ClF2NO4/c13-8-3-7(12(18)19)4-9(5-8)16-11(17)1-2-20-6-10(14)15/h3-5,10H,1-2,6H2,(H,16,17)(H,18,19). The van der Waals surface area contributed by atoms with Crippen LogP contribution >= 0.6 is 11.6 Å². The number of nitrogens with one attached hydrogen (secondary N) is 1. The summed E-state index contributed by atoms with van der Waals surface area (Å²) in [5.74, 6) is -1.67. The molecule has 0 atom stereocenters. The van der Waals surface area contributed by atoms with Crippen molar-refractivity contribution in [2.24, 2.45) is 0 Å². The van der Waals surface area contributed by atoms with E-state index in [-0.39, 0.29) is 29.3 Å². The monoisotopic (exact) mass is 307 g/mol. The lowest BCUT2D eigenvalue weighted by Crippen LogP contribution is -2.16. The van der Waals surface area contributed by atoms with Crippen LogP contribution in [0.2, 0.25) is 5.02 Å². The molecular formula is C12H12ClF2NO4. The van der Waals surface area contributed by atoms with E-state index in [1.807, 2.05) is 0 Å². The summed E-state index contributed by atoms with van der Waals surface area (Å²) in [6.45, 7) is -0.879. The third-order valence-electron chi connectivity index (χ3n) is 2.15. The van der Waals surface area contributed by atoms with Crippen molar-refractivity contribution in [3.05, 3.63) is 28.8 Å². The molecule has 0 unspecified atom stereocenters. The van der Waals surface area contributed by atoms with Crippen molar-refractivity contribution in [2.45, 2.75) is 12.8 Å². The smallest absolute Gasteiger partial charge is 0.335 e. The van der Waals surface area contributed by atoms with Gasteiger partial charge in [0.25, 0.3) is 6.43 Å². The molecule has 0 heterocycles. The molecule has 0 aromatic heterocycles. The molecule has 0 aliphatic heterocycles. The van der Waals surface area contributed by atoms with Gasteiger partial charge in [0.05, 0.1) is 18.6 Å². The number of carbonyl (C=O) groups is 2. The Hall–Kier alpha value is -1.73. The van der Waals surface area contributed by atoms with Gasteiger partial charge in [-0.15, -0.1) is 0 Å². The van der Waals surface area contributed by atoms with Gasteiger partial charge in [0.15, 0.2) is 0 Å². The summed E-state index contributed by atoms with van der Waals surface area (Å²) < 4.78 is 28.1. The highest BCUT2D eigenvalue weighted by molar-refractivity contribution is 6.31. The van der Waals surface area contributed by atoms with E-state index in [9.17, 15) is 18.4 Å². The van der Waals surface area contributed by atoms with Crippen LogP contribution in [-0.4, -0.2) is 36.6 Å². The van der Waals surface area contributed by atoms with Gasteiger partial charge in [-0.2, -0.15) is 0 Å². The van der Waals surface area contributed by atoms with Crippen LogP contribution in [0.3, 0.4) is 0 Å². The quantitative estimate of drug-likeness (QED) is 0.759. The van der Waals surface area contributed by atoms with Crippen molar-refractivity contribution < 1.29 is 28.2 Å². The predicted molar refractivity (Wildman–Crippen MR) is 68.5 cm³/mol. The summed E-state index contributed by atoms with van der Waals surface area (Å²) in [5, 5.41) is 11.4. The Morgan fingerprint density at radius 3 is 2.65 bits per heavy atom. The molecule has 1 aromatic rings. The Balaban J connectivity index is 2.51.